The van der Waals surface area contributed by atoms with Gasteiger partial charge in [0.2, 0.25) is 0 Å². The first-order valence-electron chi connectivity index (χ1n) is 10.5. The number of allylic oxidation sites excluding steroid dienone is 1. The van der Waals surface area contributed by atoms with E-state index in [1.165, 1.54) is 11.1 Å². The zero-order valence-corrected chi connectivity index (χ0v) is 19.8. The van der Waals surface area contributed by atoms with Gasteiger partial charge in [-0.2, -0.15) is 0 Å². The Morgan fingerprint density at radius 2 is 1.75 bits per heavy atom. The average Bonchev–Trinajstić information content (AvgIpc) is 2.76. The Kier molecular flexibility index (Phi) is 5.98. The molecular formula is C27H27ClN2O2. The molecule has 1 heterocycles. The number of aliphatic imine (C=N–C) groups is 1. The SMILES string of the molecule is COc1cc2c(cc1C=Nc1ccc(Oc3cccc(Cl)c3)cc1)C(C)=CC(C)(C)N2C. The number of halogens is 1. The van der Waals surface area contributed by atoms with Crippen LogP contribution in [0.5, 0.6) is 17.2 Å². The van der Waals surface area contributed by atoms with Crippen molar-refractivity contribution in [1.82, 2.24) is 0 Å². The van der Waals surface area contributed by atoms with Crippen LogP contribution in [0.4, 0.5) is 11.4 Å². The first kappa shape index (κ1) is 22.0. The van der Waals surface area contributed by atoms with Crippen molar-refractivity contribution in [2.24, 2.45) is 4.99 Å². The molecule has 4 rings (SSSR count). The summed E-state index contributed by atoms with van der Waals surface area (Å²) in [7, 11) is 3.81. The molecule has 32 heavy (non-hydrogen) atoms. The van der Waals surface area contributed by atoms with Gasteiger partial charge in [-0.1, -0.05) is 23.7 Å². The Bertz CT molecular complexity index is 1200. The fourth-order valence-electron chi connectivity index (χ4n) is 3.88. The second-order valence-corrected chi connectivity index (χ2v) is 8.90. The van der Waals surface area contributed by atoms with Crippen LogP contribution in [0.3, 0.4) is 0 Å². The minimum Gasteiger partial charge on any atom is -0.496 e. The van der Waals surface area contributed by atoms with E-state index >= 15 is 0 Å². The number of fused-ring (bicyclic) bond motifs is 1. The lowest BCUT2D eigenvalue weighted by Crippen LogP contribution is -2.42. The van der Waals surface area contributed by atoms with Gasteiger partial charge in [0.1, 0.15) is 17.2 Å². The number of rotatable bonds is 5. The van der Waals surface area contributed by atoms with Crippen LogP contribution in [-0.4, -0.2) is 25.9 Å². The molecule has 3 aromatic carbocycles. The molecule has 3 aromatic rings. The number of likely N-dealkylation sites (N-methyl/N-ethyl adjacent to an activating group) is 1. The summed E-state index contributed by atoms with van der Waals surface area (Å²) >= 11 is 6.02. The Morgan fingerprint density at radius 3 is 2.44 bits per heavy atom. The molecule has 164 valence electrons. The molecule has 0 spiro atoms. The van der Waals surface area contributed by atoms with E-state index < -0.39 is 0 Å². The van der Waals surface area contributed by atoms with Gasteiger partial charge in [-0.25, -0.2) is 0 Å². The van der Waals surface area contributed by atoms with Gasteiger partial charge >= 0.3 is 0 Å². The molecule has 0 bridgehead atoms. The largest absolute Gasteiger partial charge is 0.496 e. The van der Waals surface area contributed by atoms with Crippen molar-refractivity contribution < 1.29 is 9.47 Å². The Labute approximate surface area is 194 Å². The topological polar surface area (TPSA) is 34.1 Å². The van der Waals surface area contributed by atoms with Crippen LogP contribution in [0, 0.1) is 0 Å². The zero-order chi connectivity index (χ0) is 22.9. The van der Waals surface area contributed by atoms with Crippen molar-refractivity contribution in [3.05, 3.63) is 82.9 Å². The van der Waals surface area contributed by atoms with Crippen LogP contribution >= 0.6 is 11.6 Å². The van der Waals surface area contributed by atoms with Crippen molar-refractivity contribution in [1.29, 1.82) is 0 Å². The number of hydrogen-bond donors (Lipinski definition) is 0. The van der Waals surface area contributed by atoms with Gasteiger partial charge in [0, 0.05) is 41.2 Å². The number of methoxy groups -OCH3 is 1. The highest BCUT2D eigenvalue weighted by Gasteiger charge is 2.29. The summed E-state index contributed by atoms with van der Waals surface area (Å²) in [6, 6.07) is 19.2. The number of anilines is 1. The molecule has 0 aliphatic carbocycles. The number of hydrogen-bond acceptors (Lipinski definition) is 4. The maximum atomic E-state index is 6.02. The summed E-state index contributed by atoms with van der Waals surface area (Å²) in [5.41, 5.74) is 5.32. The second kappa shape index (κ2) is 8.71. The van der Waals surface area contributed by atoms with Gasteiger partial charge in [0.05, 0.1) is 18.3 Å². The zero-order valence-electron chi connectivity index (χ0n) is 19.0. The summed E-state index contributed by atoms with van der Waals surface area (Å²) in [6.45, 7) is 6.57. The lowest BCUT2D eigenvalue weighted by atomic mass is 9.88. The molecule has 4 nitrogen and oxygen atoms in total. The summed E-state index contributed by atoms with van der Waals surface area (Å²) in [6.07, 6.45) is 4.14. The quantitative estimate of drug-likeness (QED) is 0.380. The Morgan fingerprint density at radius 1 is 1.00 bits per heavy atom. The lowest BCUT2D eigenvalue weighted by molar-refractivity contribution is 0.414. The summed E-state index contributed by atoms with van der Waals surface area (Å²) in [4.78, 5) is 6.93. The first-order chi connectivity index (χ1) is 15.3. The molecular weight excluding hydrogens is 420 g/mol. The van der Waals surface area contributed by atoms with Crippen LogP contribution in [0.1, 0.15) is 31.9 Å². The molecule has 0 atom stereocenters. The summed E-state index contributed by atoms with van der Waals surface area (Å²) in [5, 5.41) is 0.641. The van der Waals surface area contributed by atoms with Gasteiger partial charge in [-0.15, -0.1) is 0 Å². The third-order valence-corrected chi connectivity index (χ3v) is 6.02. The van der Waals surface area contributed by atoms with Crippen LogP contribution < -0.4 is 14.4 Å². The van der Waals surface area contributed by atoms with Crippen molar-refractivity contribution in [2.45, 2.75) is 26.3 Å². The fourth-order valence-corrected chi connectivity index (χ4v) is 4.06. The van der Waals surface area contributed by atoms with E-state index in [2.05, 4.69) is 55.9 Å². The number of nitrogens with zero attached hydrogens (tertiary/aromatic N) is 2. The minimum atomic E-state index is -0.0490. The highest BCUT2D eigenvalue weighted by molar-refractivity contribution is 6.30. The molecule has 0 saturated carbocycles. The monoisotopic (exact) mass is 446 g/mol. The molecule has 1 aliphatic heterocycles. The molecule has 0 radical (unpaired) electrons. The molecule has 0 aromatic heterocycles. The van der Waals surface area contributed by atoms with Crippen LogP contribution in [-0.2, 0) is 0 Å². The molecule has 0 amide bonds. The standard InChI is InChI=1S/C27H27ClN2O2/c1-18-16-27(2,3)30(4)25-15-26(31-5)19(13-24(18)25)17-29-21-9-11-22(12-10-21)32-23-8-6-7-20(28)14-23/h6-17H,1-5H3. The van der Waals surface area contributed by atoms with E-state index in [-0.39, 0.29) is 5.54 Å². The summed E-state index contributed by atoms with van der Waals surface area (Å²) < 4.78 is 11.5. The maximum absolute atomic E-state index is 6.02. The molecule has 0 unspecified atom stereocenters. The predicted octanol–water partition coefficient (Wildman–Crippen LogP) is 7.52. The van der Waals surface area contributed by atoms with E-state index in [0.29, 0.717) is 10.8 Å². The molecule has 5 heteroatoms. The van der Waals surface area contributed by atoms with Crippen molar-refractivity contribution >= 4 is 34.8 Å². The normalized spacial score (nSPS) is 14.8. The number of benzene rings is 3. The Hall–Kier alpha value is -3.24. The van der Waals surface area contributed by atoms with E-state index in [1.54, 1.807) is 13.2 Å². The van der Waals surface area contributed by atoms with Gasteiger partial charge < -0.3 is 14.4 Å². The van der Waals surface area contributed by atoms with Gasteiger partial charge in [-0.05, 0) is 74.9 Å². The molecule has 0 saturated heterocycles. The maximum Gasteiger partial charge on any atom is 0.129 e. The van der Waals surface area contributed by atoms with Crippen LogP contribution in [0.25, 0.3) is 5.57 Å². The fraction of sp³-hybridized carbons (Fsp3) is 0.222. The van der Waals surface area contributed by atoms with E-state index in [1.807, 2.05) is 48.7 Å². The predicted molar refractivity (Wildman–Crippen MR) is 134 cm³/mol. The highest BCUT2D eigenvalue weighted by Crippen LogP contribution is 2.41. The van der Waals surface area contributed by atoms with E-state index in [9.17, 15) is 0 Å². The minimum absolute atomic E-state index is 0.0490. The molecule has 1 aliphatic rings. The smallest absolute Gasteiger partial charge is 0.129 e. The van der Waals surface area contributed by atoms with Crippen molar-refractivity contribution in [3.8, 4) is 17.2 Å². The first-order valence-corrected chi connectivity index (χ1v) is 10.9. The number of ether oxygens (including phenoxy) is 2. The van der Waals surface area contributed by atoms with E-state index in [4.69, 9.17) is 21.1 Å². The molecule has 0 fully saturated rings. The van der Waals surface area contributed by atoms with Gasteiger partial charge in [0.15, 0.2) is 0 Å². The van der Waals surface area contributed by atoms with Crippen molar-refractivity contribution in [2.75, 3.05) is 19.1 Å². The van der Waals surface area contributed by atoms with Gasteiger partial charge in [0.25, 0.3) is 0 Å². The van der Waals surface area contributed by atoms with Gasteiger partial charge in [-0.3, -0.25) is 4.99 Å². The second-order valence-electron chi connectivity index (χ2n) is 8.46. The summed E-state index contributed by atoms with van der Waals surface area (Å²) in [5.74, 6) is 2.22. The molecule has 0 N–H and O–H groups in total. The van der Waals surface area contributed by atoms with Crippen LogP contribution in [0.2, 0.25) is 5.02 Å². The third kappa shape index (κ3) is 4.51. The highest BCUT2D eigenvalue weighted by atomic mass is 35.5. The van der Waals surface area contributed by atoms with E-state index in [0.717, 1.165) is 28.4 Å². The lowest BCUT2D eigenvalue weighted by Gasteiger charge is -2.40. The van der Waals surface area contributed by atoms with Crippen LogP contribution in [0.15, 0.2) is 71.7 Å². The third-order valence-electron chi connectivity index (χ3n) is 5.79. The average molecular weight is 447 g/mol. The van der Waals surface area contributed by atoms with Crippen molar-refractivity contribution in [3.63, 3.8) is 0 Å². The Balaban J connectivity index is 1.57.